The number of methoxy groups -OCH3 is 1. The van der Waals surface area contributed by atoms with Gasteiger partial charge in [-0.3, -0.25) is 4.98 Å². The second-order valence-corrected chi connectivity index (χ2v) is 5.40. The third-order valence-corrected chi connectivity index (χ3v) is 4.19. The second-order valence-electron chi connectivity index (χ2n) is 5.40. The van der Waals surface area contributed by atoms with Gasteiger partial charge in [0, 0.05) is 6.20 Å². The number of fused-ring (bicyclic) bond motifs is 1. The van der Waals surface area contributed by atoms with Crippen LogP contribution < -0.4 is 4.74 Å². The average Bonchev–Trinajstić information content (AvgIpc) is 2.49. The van der Waals surface area contributed by atoms with Crippen molar-refractivity contribution in [2.24, 2.45) is 0 Å². The molecule has 1 aliphatic rings. The molecule has 0 radical (unpaired) electrons. The molecule has 0 saturated heterocycles. The van der Waals surface area contributed by atoms with E-state index in [0.29, 0.717) is 6.42 Å². The molecule has 1 unspecified atom stereocenters. The Morgan fingerprint density at radius 3 is 2.95 bits per heavy atom. The van der Waals surface area contributed by atoms with Crippen molar-refractivity contribution >= 4 is 0 Å². The quantitative estimate of drug-likeness (QED) is 0.911. The molecule has 1 N–H and O–H groups in total. The van der Waals surface area contributed by atoms with Gasteiger partial charge in [0.1, 0.15) is 11.4 Å². The highest BCUT2D eigenvalue weighted by Crippen LogP contribution is 2.40. The van der Waals surface area contributed by atoms with Gasteiger partial charge in [-0.05, 0) is 61.1 Å². The summed E-state index contributed by atoms with van der Waals surface area (Å²) in [6, 6.07) is 9.66. The Balaban J connectivity index is 2.16. The lowest BCUT2D eigenvalue weighted by Crippen LogP contribution is -2.33. The first-order valence-electron chi connectivity index (χ1n) is 6.97. The van der Waals surface area contributed by atoms with Crippen LogP contribution in [-0.2, 0) is 12.0 Å². The highest BCUT2D eigenvalue weighted by molar-refractivity contribution is 5.44. The normalized spacial score (nSPS) is 21.4. The van der Waals surface area contributed by atoms with Gasteiger partial charge in [-0.1, -0.05) is 12.1 Å². The SMILES string of the molecule is COc1cccc(C2(O)CCCc3c(C)ccnc32)c1. The van der Waals surface area contributed by atoms with Crippen LogP contribution in [0.25, 0.3) is 0 Å². The zero-order chi connectivity index (χ0) is 14.2. The Morgan fingerprint density at radius 1 is 1.30 bits per heavy atom. The maximum absolute atomic E-state index is 11.2. The lowest BCUT2D eigenvalue weighted by atomic mass is 9.77. The largest absolute Gasteiger partial charge is 0.497 e. The lowest BCUT2D eigenvalue weighted by Gasteiger charge is -2.34. The third-order valence-electron chi connectivity index (χ3n) is 4.19. The van der Waals surface area contributed by atoms with Gasteiger partial charge in [-0.15, -0.1) is 0 Å². The number of pyridine rings is 1. The van der Waals surface area contributed by atoms with E-state index in [9.17, 15) is 5.11 Å². The van der Waals surface area contributed by atoms with Gasteiger partial charge in [0.25, 0.3) is 0 Å². The van der Waals surface area contributed by atoms with Gasteiger partial charge in [-0.2, -0.15) is 0 Å². The fourth-order valence-corrected chi connectivity index (χ4v) is 3.06. The molecule has 0 aliphatic heterocycles. The maximum atomic E-state index is 11.2. The number of hydrogen-bond acceptors (Lipinski definition) is 3. The van der Waals surface area contributed by atoms with Crippen LogP contribution in [0, 0.1) is 6.92 Å². The van der Waals surface area contributed by atoms with Crippen LogP contribution in [0.3, 0.4) is 0 Å². The Morgan fingerprint density at radius 2 is 2.15 bits per heavy atom. The smallest absolute Gasteiger partial charge is 0.132 e. The van der Waals surface area contributed by atoms with Crippen LogP contribution in [0.4, 0.5) is 0 Å². The van der Waals surface area contributed by atoms with E-state index in [1.54, 1.807) is 13.3 Å². The van der Waals surface area contributed by atoms with Crippen molar-refractivity contribution in [2.45, 2.75) is 31.8 Å². The molecule has 1 aromatic carbocycles. The number of ether oxygens (including phenoxy) is 1. The lowest BCUT2D eigenvalue weighted by molar-refractivity contribution is 0.0564. The van der Waals surface area contributed by atoms with Crippen LogP contribution in [0.5, 0.6) is 5.75 Å². The highest BCUT2D eigenvalue weighted by Gasteiger charge is 2.38. The minimum absolute atomic E-state index is 0.698. The molecule has 1 atom stereocenters. The van der Waals surface area contributed by atoms with Crippen molar-refractivity contribution in [1.29, 1.82) is 0 Å². The van der Waals surface area contributed by atoms with E-state index in [-0.39, 0.29) is 0 Å². The Labute approximate surface area is 119 Å². The summed E-state index contributed by atoms with van der Waals surface area (Å²) in [6.07, 6.45) is 4.43. The Bertz CT molecular complexity index is 639. The van der Waals surface area contributed by atoms with Crippen LogP contribution in [-0.4, -0.2) is 17.2 Å². The average molecular weight is 269 g/mol. The number of aryl methyl sites for hydroxylation is 1. The summed E-state index contributed by atoms with van der Waals surface area (Å²) in [5.74, 6) is 0.760. The van der Waals surface area contributed by atoms with Crippen LogP contribution in [0.2, 0.25) is 0 Å². The molecule has 1 aromatic heterocycles. The number of rotatable bonds is 2. The minimum Gasteiger partial charge on any atom is -0.497 e. The fraction of sp³-hybridized carbons (Fsp3) is 0.353. The van der Waals surface area contributed by atoms with Gasteiger partial charge in [0.05, 0.1) is 12.8 Å². The molecule has 0 saturated carbocycles. The first-order valence-corrected chi connectivity index (χ1v) is 6.97. The molecule has 1 aliphatic carbocycles. The molecule has 104 valence electrons. The van der Waals surface area contributed by atoms with E-state index >= 15 is 0 Å². The van der Waals surface area contributed by atoms with Crippen molar-refractivity contribution in [3.8, 4) is 5.75 Å². The molecule has 3 heteroatoms. The van der Waals surface area contributed by atoms with Crippen molar-refractivity contribution < 1.29 is 9.84 Å². The summed E-state index contributed by atoms with van der Waals surface area (Å²) in [4.78, 5) is 4.47. The summed E-state index contributed by atoms with van der Waals surface area (Å²) in [7, 11) is 1.64. The van der Waals surface area contributed by atoms with Crippen LogP contribution in [0.15, 0.2) is 36.5 Å². The predicted molar refractivity (Wildman–Crippen MR) is 77.9 cm³/mol. The number of benzene rings is 1. The topological polar surface area (TPSA) is 42.4 Å². The van der Waals surface area contributed by atoms with Crippen molar-refractivity contribution in [2.75, 3.05) is 7.11 Å². The summed E-state index contributed by atoms with van der Waals surface area (Å²) < 4.78 is 5.27. The van der Waals surface area contributed by atoms with Gasteiger partial charge in [0.15, 0.2) is 0 Å². The van der Waals surface area contributed by atoms with E-state index in [2.05, 4.69) is 11.9 Å². The molecular formula is C17H19NO2. The van der Waals surface area contributed by atoms with Gasteiger partial charge in [0.2, 0.25) is 0 Å². The van der Waals surface area contributed by atoms with E-state index < -0.39 is 5.60 Å². The summed E-state index contributed by atoms with van der Waals surface area (Å²) >= 11 is 0. The van der Waals surface area contributed by atoms with Crippen molar-refractivity contribution in [3.05, 3.63) is 58.9 Å². The van der Waals surface area contributed by atoms with Gasteiger partial charge < -0.3 is 9.84 Å². The number of aliphatic hydroxyl groups is 1. The molecule has 3 rings (SSSR count). The molecule has 0 spiro atoms. The fourth-order valence-electron chi connectivity index (χ4n) is 3.06. The predicted octanol–water partition coefficient (Wildman–Crippen LogP) is 2.97. The first-order chi connectivity index (χ1) is 9.65. The Hall–Kier alpha value is -1.87. The number of hydrogen-bond donors (Lipinski definition) is 1. The number of aromatic nitrogens is 1. The molecule has 0 fully saturated rings. The van der Waals surface area contributed by atoms with E-state index in [4.69, 9.17) is 4.74 Å². The third kappa shape index (κ3) is 1.98. The van der Waals surface area contributed by atoms with Crippen LogP contribution >= 0.6 is 0 Å². The molecule has 3 nitrogen and oxygen atoms in total. The minimum atomic E-state index is -1.01. The molecule has 0 bridgehead atoms. The van der Waals surface area contributed by atoms with E-state index in [1.807, 2.05) is 30.3 Å². The molecule has 0 amide bonds. The molecular weight excluding hydrogens is 250 g/mol. The van der Waals surface area contributed by atoms with Crippen LogP contribution in [0.1, 0.15) is 35.2 Å². The molecule has 2 aromatic rings. The summed E-state index contributed by atoms with van der Waals surface area (Å²) in [6.45, 7) is 2.08. The second kappa shape index (κ2) is 4.91. The van der Waals surface area contributed by atoms with E-state index in [1.165, 1.54) is 11.1 Å². The standard InChI is InChI=1S/C17H19NO2/c1-12-8-10-18-16-15(12)7-4-9-17(16,19)13-5-3-6-14(11-13)20-2/h3,5-6,8,10-11,19H,4,7,9H2,1-2H3. The molecule has 20 heavy (non-hydrogen) atoms. The maximum Gasteiger partial charge on any atom is 0.132 e. The monoisotopic (exact) mass is 269 g/mol. The van der Waals surface area contributed by atoms with Gasteiger partial charge in [-0.25, -0.2) is 0 Å². The van der Waals surface area contributed by atoms with Crippen molar-refractivity contribution in [3.63, 3.8) is 0 Å². The zero-order valence-electron chi connectivity index (χ0n) is 11.9. The van der Waals surface area contributed by atoms with E-state index in [0.717, 1.165) is 29.8 Å². The summed E-state index contributed by atoms with van der Waals surface area (Å²) in [5.41, 5.74) is 3.04. The Kier molecular flexibility index (Phi) is 3.22. The first kappa shape index (κ1) is 13.1. The number of nitrogens with zero attached hydrogens (tertiary/aromatic N) is 1. The van der Waals surface area contributed by atoms with Gasteiger partial charge >= 0.3 is 0 Å². The highest BCUT2D eigenvalue weighted by atomic mass is 16.5. The molecule has 1 heterocycles. The summed E-state index contributed by atoms with van der Waals surface area (Å²) in [5, 5.41) is 11.2. The zero-order valence-corrected chi connectivity index (χ0v) is 11.9. The van der Waals surface area contributed by atoms with Crippen molar-refractivity contribution in [1.82, 2.24) is 4.98 Å².